The molecule has 0 amide bonds. The van der Waals surface area contributed by atoms with E-state index in [2.05, 4.69) is 15.4 Å². The lowest BCUT2D eigenvalue weighted by Crippen LogP contribution is -2.43. The Labute approximate surface area is 96.6 Å². The van der Waals surface area contributed by atoms with Crippen LogP contribution in [0.5, 0.6) is 0 Å². The summed E-state index contributed by atoms with van der Waals surface area (Å²) in [6.07, 6.45) is 4.97. The predicted octanol–water partition coefficient (Wildman–Crippen LogP) is 0.271. The van der Waals surface area contributed by atoms with Crippen LogP contribution in [0, 0.1) is 12.3 Å². The van der Waals surface area contributed by atoms with Crippen LogP contribution in [0.3, 0.4) is 0 Å². The molecule has 0 rings (SSSR count). The van der Waals surface area contributed by atoms with Gasteiger partial charge in [0.1, 0.15) is 0 Å². The first-order valence-electron chi connectivity index (χ1n) is 4.87. The van der Waals surface area contributed by atoms with Crippen molar-refractivity contribution in [2.45, 2.75) is 32.7 Å². The lowest BCUT2D eigenvalue weighted by Gasteiger charge is -2.19. The van der Waals surface area contributed by atoms with Gasteiger partial charge in [0.2, 0.25) is 10.0 Å². The van der Waals surface area contributed by atoms with Crippen LogP contribution < -0.4 is 4.72 Å². The van der Waals surface area contributed by atoms with Crippen molar-refractivity contribution in [3.63, 3.8) is 0 Å². The Bertz CT molecular complexity index is 378. The average molecular weight is 247 g/mol. The van der Waals surface area contributed by atoms with Crippen LogP contribution in [0.15, 0.2) is 0 Å². The third kappa shape index (κ3) is 6.43. The number of hydrogen-bond acceptors (Lipinski definition) is 4. The van der Waals surface area contributed by atoms with E-state index in [1.165, 1.54) is 0 Å². The molecule has 0 spiro atoms. The number of hydrogen-bond donors (Lipinski definition) is 1. The minimum atomic E-state index is -3.56. The summed E-state index contributed by atoms with van der Waals surface area (Å²) in [5.41, 5.74) is -0.951. The van der Waals surface area contributed by atoms with Crippen molar-refractivity contribution < 1.29 is 17.9 Å². The maximum Gasteiger partial charge on any atom is 0.306 e. The molecule has 0 aromatic heterocycles. The van der Waals surface area contributed by atoms with Crippen molar-refractivity contribution >= 4 is 16.0 Å². The zero-order chi connectivity index (χ0) is 12.8. The number of rotatable bonds is 6. The van der Waals surface area contributed by atoms with E-state index < -0.39 is 21.5 Å². The van der Waals surface area contributed by atoms with Gasteiger partial charge in [-0.3, -0.25) is 4.79 Å². The molecule has 6 heteroatoms. The summed E-state index contributed by atoms with van der Waals surface area (Å²) in [7, 11) is -3.56. The summed E-state index contributed by atoms with van der Waals surface area (Å²) in [6.45, 7) is 5.03. The van der Waals surface area contributed by atoms with Gasteiger partial charge in [0.25, 0.3) is 0 Å². The summed E-state index contributed by atoms with van der Waals surface area (Å²) in [5.74, 6) is 1.45. The highest BCUT2D eigenvalue weighted by atomic mass is 32.2. The maximum absolute atomic E-state index is 11.5. The third-order valence-corrected chi connectivity index (χ3v) is 3.21. The Balaban J connectivity index is 4.29. The van der Waals surface area contributed by atoms with E-state index in [1.54, 1.807) is 20.8 Å². The third-order valence-electron chi connectivity index (χ3n) is 1.65. The van der Waals surface area contributed by atoms with Crippen LogP contribution in [-0.2, 0) is 19.6 Å². The van der Waals surface area contributed by atoms with E-state index in [4.69, 9.17) is 6.42 Å². The molecule has 0 aliphatic rings. The SMILES string of the molecule is C#CC(C)(C)NS(=O)(=O)CCC(=O)OCC. The number of terminal acetylenes is 1. The molecule has 0 unspecified atom stereocenters. The fourth-order valence-corrected chi connectivity index (χ4v) is 2.29. The molecule has 1 N–H and O–H groups in total. The number of sulfonamides is 1. The van der Waals surface area contributed by atoms with Crippen LogP contribution >= 0.6 is 0 Å². The Morgan fingerprint density at radius 1 is 1.50 bits per heavy atom. The normalized spacial score (nSPS) is 11.9. The molecule has 0 saturated heterocycles. The van der Waals surface area contributed by atoms with Crippen LogP contribution in [0.1, 0.15) is 27.2 Å². The van der Waals surface area contributed by atoms with Gasteiger partial charge < -0.3 is 4.74 Å². The smallest absolute Gasteiger partial charge is 0.306 e. The van der Waals surface area contributed by atoms with Gasteiger partial charge in [-0.05, 0) is 20.8 Å². The first kappa shape index (κ1) is 14.9. The molecule has 0 fully saturated rings. The molecule has 0 heterocycles. The van der Waals surface area contributed by atoms with E-state index in [9.17, 15) is 13.2 Å². The maximum atomic E-state index is 11.5. The number of carbonyl (C=O) groups excluding carboxylic acids is 1. The number of carbonyl (C=O) groups is 1. The lowest BCUT2D eigenvalue weighted by atomic mass is 10.1. The molecular formula is C10H17NO4S. The van der Waals surface area contributed by atoms with Crippen LogP contribution in [0.4, 0.5) is 0 Å². The topological polar surface area (TPSA) is 72.5 Å². The van der Waals surface area contributed by atoms with Gasteiger partial charge in [0.05, 0.1) is 24.3 Å². The minimum absolute atomic E-state index is 0.177. The molecule has 0 aromatic carbocycles. The molecular weight excluding hydrogens is 230 g/mol. The van der Waals surface area contributed by atoms with E-state index in [-0.39, 0.29) is 18.8 Å². The monoisotopic (exact) mass is 247 g/mol. The van der Waals surface area contributed by atoms with E-state index >= 15 is 0 Å². The van der Waals surface area contributed by atoms with Gasteiger partial charge in [-0.2, -0.15) is 4.72 Å². The first-order valence-corrected chi connectivity index (χ1v) is 6.52. The molecule has 0 aliphatic carbocycles. The summed E-state index contributed by atoms with van der Waals surface area (Å²) >= 11 is 0. The largest absolute Gasteiger partial charge is 0.466 e. The van der Waals surface area contributed by atoms with Gasteiger partial charge in [0, 0.05) is 0 Å². The van der Waals surface area contributed by atoms with Crippen LogP contribution in [-0.4, -0.2) is 32.3 Å². The highest BCUT2D eigenvalue weighted by molar-refractivity contribution is 7.89. The van der Waals surface area contributed by atoms with Gasteiger partial charge in [-0.1, -0.05) is 5.92 Å². The number of ether oxygens (including phenoxy) is 1. The van der Waals surface area contributed by atoms with Gasteiger partial charge in [-0.25, -0.2) is 8.42 Å². The molecule has 0 bridgehead atoms. The number of nitrogens with one attached hydrogen (secondary N) is 1. The van der Waals surface area contributed by atoms with Crippen LogP contribution in [0.25, 0.3) is 0 Å². The van der Waals surface area contributed by atoms with Crippen LogP contribution in [0.2, 0.25) is 0 Å². The molecule has 16 heavy (non-hydrogen) atoms. The highest BCUT2D eigenvalue weighted by Gasteiger charge is 2.23. The second kappa shape index (κ2) is 5.87. The summed E-state index contributed by atoms with van der Waals surface area (Å²) in [4.78, 5) is 11.0. The molecule has 5 nitrogen and oxygen atoms in total. The van der Waals surface area contributed by atoms with Crippen molar-refractivity contribution in [3.05, 3.63) is 0 Å². The van der Waals surface area contributed by atoms with E-state index in [0.717, 1.165) is 0 Å². The molecule has 92 valence electrons. The van der Waals surface area contributed by atoms with Crippen molar-refractivity contribution in [1.29, 1.82) is 0 Å². The summed E-state index contributed by atoms with van der Waals surface area (Å²) < 4.78 is 29.9. The van der Waals surface area contributed by atoms with E-state index in [1.807, 2.05) is 0 Å². The lowest BCUT2D eigenvalue weighted by molar-refractivity contribution is -0.142. The Morgan fingerprint density at radius 2 is 2.06 bits per heavy atom. The second-order valence-corrected chi connectivity index (χ2v) is 5.59. The molecule has 0 saturated carbocycles. The zero-order valence-electron chi connectivity index (χ0n) is 9.74. The van der Waals surface area contributed by atoms with Gasteiger partial charge in [0.15, 0.2) is 0 Å². The summed E-state index contributed by atoms with van der Waals surface area (Å²) in [6, 6.07) is 0. The average Bonchev–Trinajstić information content (AvgIpc) is 2.14. The van der Waals surface area contributed by atoms with Gasteiger partial charge >= 0.3 is 5.97 Å². The molecule has 0 aliphatic heterocycles. The summed E-state index contributed by atoms with van der Waals surface area (Å²) in [5, 5.41) is 0. The Kier molecular flexibility index (Phi) is 5.48. The molecule has 0 atom stereocenters. The molecule has 0 radical (unpaired) electrons. The molecule has 0 aromatic rings. The standard InChI is InChI=1S/C10H17NO4S/c1-5-10(3,4)11-16(13,14)8-7-9(12)15-6-2/h1,11H,6-8H2,2-4H3. The quantitative estimate of drug-likeness (QED) is 0.540. The fourth-order valence-electron chi connectivity index (χ4n) is 0.920. The second-order valence-electron chi connectivity index (χ2n) is 3.75. The van der Waals surface area contributed by atoms with Crippen molar-refractivity contribution in [2.24, 2.45) is 0 Å². The first-order chi connectivity index (χ1) is 7.22. The highest BCUT2D eigenvalue weighted by Crippen LogP contribution is 2.03. The van der Waals surface area contributed by atoms with E-state index in [0.29, 0.717) is 0 Å². The predicted molar refractivity (Wildman–Crippen MR) is 61.1 cm³/mol. The van der Waals surface area contributed by atoms with Crippen molar-refractivity contribution in [3.8, 4) is 12.3 Å². The Hall–Kier alpha value is -1.06. The van der Waals surface area contributed by atoms with Gasteiger partial charge in [-0.15, -0.1) is 6.42 Å². The Morgan fingerprint density at radius 3 is 2.50 bits per heavy atom. The van der Waals surface area contributed by atoms with Crippen molar-refractivity contribution in [2.75, 3.05) is 12.4 Å². The minimum Gasteiger partial charge on any atom is -0.466 e. The fraction of sp³-hybridized carbons (Fsp3) is 0.700. The number of esters is 1. The van der Waals surface area contributed by atoms with Crippen molar-refractivity contribution in [1.82, 2.24) is 4.72 Å². The zero-order valence-corrected chi connectivity index (χ0v) is 10.6.